The Labute approximate surface area is 160 Å². The summed E-state index contributed by atoms with van der Waals surface area (Å²) in [5, 5.41) is 3.00. The Hall–Kier alpha value is -2.79. The number of hydrogen-bond acceptors (Lipinski definition) is 4. The van der Waals surface area contributed by atoms with Crippen LogP contribution in [0.5, 0.6) is 11.5 Å². The lowest BCUT2D eigenvalue weighted by atomic mass is 10.1. The van der Waals surface area contributed by atoms with E-state index in [4.69, 9.17) is 9.47 Å². The highest BCUT2D eigenvalue weighted by Crippen LogP contribution is 2.30. The zero-order valence-electron chi connectivity index (χ0n) is 15.9. The molecule has 27 heavy (non-hydrogen) atoms. The van der Waals surface area contributed by atoms with Gasteiger partial charge in [-0.1, -0.05) is 48.5 Å². The van der Waals surface area contributed by atoms with Crippen LogP contribution in [0, 0.1) is 0 Å². The van der Waals surface area contributed by atoms with E-state index in [0.29, 0.717) is 18.0 Å². The van der Waals surface area contributed by atoms with Gasteiger partial charge in [0.2, 0.25) is 5.91 Å². The lowest BCUT2D eigenvalue weighted by Crippen LogP contribution is -2.33. The minimum atomic E-state index is -0.0146. The molecule has 142 valence electrons. The monoisotopic (exact) mass is 366 g/mol. The van der Waals surface area contributed by atoms with Crippen molar-refractivity contribution in [3.05, 3.63) is 71.3 Å². The fourth-order valence-corrected chi connectivity index (χ4v) is 3.28. The van der Waals surface area contributed by atoms with Crippen LogP contribution in [0.1, 0.15) is 17.5 Å². The van der Waals surface area contributed by atoms with Crippen LogP contribution in [0.4, 0.5) is 0 Å². The molecule has 1 amide bonds. The Balaban J connectivity index is 1.55. The standard InChI is InChI=1S/C22H26N2O3/c1-26-20-10-6-9-19(21(20)27-2)15-23-22(25)18-11-13-24(14-12-18)16-17-7-4-3-5-8-17/h3-11H,12-16H2,1-2H3,(H,23,25). The molecule has 5 nitrogen and oxygen atoms in total. The van der Waals surface area contributed by atoms with Crippen LogP contribution < -0.4 is 14.8 Å². The third kappa shape index (κ3) is 4.89. The number of carbonyl (C=O) groups excluding carboxylic acids is 1. The van der Waals surface area contributed by atoms with E-state index in [1.54, 1.807) is 14.2 Å². The van der Waals surface area contributed by atoms with Crippen molar-refractivity contribution in [3.8, 4) is 11.5 Å². The first-order chi connectivity index (χ1) is 13.2. The number of methoxy groups -OCH3 is 2. The second-order valence-electron chi connectivity index (χ2n) is 6.54. The molecule has 0 spiro atoms. The molecule has 5 heteroatoms. The molecule has 0 bridgehead atoms. The summed E-state index contributed by atoms with van der Waals surface area (Å²) < 4.78 is 10.7. The van der Waals surface area contributed by atoms with E-state index < -0.39 is 0 Å². The molecular weight excluding hydrogens is 340 g/mol. The van der Waals surface area contributed by atoms with E-state index in [0.717, 1.165) is 37.2 Å². The van der Waals surface area contributed by atoms with Gasteiger partial charge in [-0.3, -0.25) is 9.69 Å². The van der Waals surface area contributed by atoms with E-state index in [9.17, 15) is 4.79 Å². The Morgan fingerprint density at radius 2 is 1.89 bits per heavy atom. The largest absolute Gasteiger partial charge is 0.493 e. The number of carbonyl (C=O) groups is 1. The average Bonchev–Trinajstić information content (AvgIpc) is 2.72. The first-order valence-corrected chi connectivity index (χ1v) is 9.14. The number of nitrogens with one attached hydrogen (secondary N) is 1. The summed E-state index contributed by atoms with van der Waals surface area (Å²) in [5.41, 5.74) is 3.04. The number of nitrogens with zero attached hydrogens (tertiary/aromatic N) is 1. The van der Waals surface area contributed by atoms with Gasteiger partial charge in [0.1, 0.15) is 0 Å². The van der Waals surface area contributed by atoms with Gasteiger partial charge in [-0.2, -0.15) is 0 Å². The molecule has 1 aliphatic heterocycles. The highest BCUT2D eigenvalue weighted by molar-refractivity contribution is 5.93. The van der Waals surface area contributed by atoms with Crippen LogP contribution in [0.25, 0.3) is 0 Å². The van der Waals surface area contributed by atoms with Gasteiger partial charge >= 0.3 is 0 Å². The smallest absolute Gasteiger partial charge is 0.247 e. The quantitative estimate of drug-likeness (QED) is 0.818. The van der Waals surface area contributed by atoms with E-state index in [-0.39, 0.29) is 5.91 Å². The summed E-state index contributed by atoms with van der Waals surface area (Å²) >= 11 is 0. The third-order valence-electron chi connectivity index (χ3n) is 4.76. The number of benzene rings is 2. The van der Waals surface area contributed by atoms with Gasteiger partial charge in [-0.25, -0.2) is 0 Å². The summed E-state index contributed by atoms with van der Waals surface area (Å²) in [6, 6.07) is 16.1. The topological polar surface area (TPSA) is 50.8 Å². The van der Waals surface area contributed by atoms with Gasteiger partial charge in [0.25, 0.3) is 0 Å². The molecule has 0 aromatic heterocycles. The van der Waals surface area contributed by atoms with Crippen LogP contribution in [-0.4, -0.2) is 38.1 Å². The van der Waals surface area contributed by atoms with Gasteiger partial charge in [-0.05, 0) is 18.1 Å². The second-order valence-corrected chi connectivity index (χ2v) is 6.54. The zero-order chi connectivity index (χ0) is 19.1. The number of hydrogen-bond donors (Lipinski definition) is 1. The molecular formula is C22H26N2O3. The minimum Gasteiger partial charge on any atom is -0.493 e. The summed E-state index contributed by atoms with van der Waals surface area (Å²) in [6.07, 6.45) is 2.79. The number of rotatable bonds is 7. The summed E-state index contributed by atoms with van der Waals surface area (Å²) in [6.45, 7) is 2.99. The minimum absolute atomic E-state index is 0.0146. The molecule has 0 radical (unpaired) electrons. The van der Waals surface area contributed by atoms with E-state index in [1.165, 1.54) is 5.56 Å². The average molecular weight is 366 g/mol. The molecule has 0 fully saturated rings. The Kier molecular flexibility index (Phi) is 6.49. The van der Waals surface area contributed by atoms with Crippen molar-refractivity contribution >= 4 is 5.91 Å². The van der Waals surface area contributed by atoms with Crippen LogP contribution in [0.15, 0.2) is 60.2 Å². The molecule has 2 aromatic rings. The third-order valence-corrected chi connectivity index (χ3v) is 4.76. The first kappa shape index (κ1) is 19.0. The van der Waals surface area contributed by atoms with Crippen LogP contribution >= 0.6 is 0 Å². The van der Waals surface area contributed by atoms with Gasteiger partial charge in [-0.15, -0.1) is 0 Å². The van der Waals surface area contributed by atoms with Gasteiger partial charge in [0, 0.05) is 37.3 Å². The maximum atomic E-state index is 12.5. The lowest BCUT2D eigenvalue weighted by Gasteiger charge is -2.26. The molecule has 0 saturated carbocycles. The Morgan fingerprint density at radius 3 is 2.56 bits per heavy atom. The second kappa shape index (κ2) is 9.24. The molecule has 1 aliphatic rings. The predicted octanol–water partition coefficient (Wildman–Crippen LogP) is 3.15. The maximum absolute atomic E-state index is 12.5. The first-order valence-electron chi connectivity index (χ1n) is 9.14. The number of amides is 1. The van der Waals surface area contributed by atoms with E-state index in [1.807, 2.05) is 30.3 Å². The highest BCUT2D eigenvalue weighted by atomic mass is 16.5. The summed E-state index contributed by atoms with van der Waals surface area (Å²) in [7, 11) is 3.21. The van der Waals surface area contributed by atoms with Crippen molar-refractivity contribution < 1.29 is 14.3 Å². The summed E-state index contributed by atoms with van der Waals surface area (Å²) in [4.78, 5) is 14.9. The SMILES string of the molecule is COc1cccc(CNC(=O)C2=CCN(Cc3ccccc3)CC2)c1OC. The molecule has 0 unspecified atom stereocenters. The van der Waals surface area contributed by atoms with Crippen LogP contribution in [0.3, 0.4) is 0 Å². The zero-order valence-corrected chi connectivity index (χ0v) is 15.9. The Morgan fingerprint density at radius 1 is 1.07 bits per heavy atom. The molecule has 1 heterocycles. The van der Waals surface area contributed by atoms with E-state index >= 15 is 0 Å². The number of ether oxygens (including phenoxy) is 2. The molecule has 0 saturated heterocycles. The Bertz CT molecular complexity index is 802. The molecule has 2 aromatic carbocycles. The predicted molar refractivity (Wildman–Crippen MR) is 106 cm³/mol. The fourth-order valence-electron chi connectivity index (χ4n) is 3.28. The maximum Gasteiger partial charge on any atom is 0.247 e. The highest BCUT2D eigenvalue weighted by Gasteiger charge is 2.18. The van der Waals surface area contributed by atoms with E-state index in [2.05, 4.69) is 34.5 Å². The van der Waals surface area contributed by atoms with Crippen molar-refractivity contribution in [3.63, 3.8) is 0 Å². The van der Waals surface area contributed by atoms with Crippen molar-refractivity contribution in [2.45, 2.75) is 19.5 Å². The lowest BCUT2D eigenvalue weighted by molar-refractivity contribution is -0.118. The van der Waals surface area contributed by atoms with Crippen molar-refractivity contribution in [2.24, 2.45) is 0 Å². The van der Waals surface area contributed by atoms with Crippen molar-refractivity contribution in [2.75, 3.05) is 27.3 Å². The van der Waals surface area contributed by atoms with Crippen LogP contribution in [-0.2, 0) is 17.9 Å². The van der Waals surface area contributed by atoms with Gasteiger partial charge in [0.05, 0.1) is 14.2 Å². The van der Waals surface area contributed by atoms with Gasteiger partial charge < -0.3 is 14.8 Å². The normalized spacial score (nSPS) is 14.4. The number of para-hydroxylation sites is 1. The van der Waals surface area contributed by atoms with Gasteiger partial charge in [0.15, 0.2) is 11.5 Å². The molecule has 0 atom stereocenters. The summed E-state index contributed by atoms with van der Waals surface area (Å²) in [5.74, 6) is 1.31. The fraction of sp³-hybridized carbons (Fsp3) is 0.318. The van der Waals surface area contributed by atoms with Crippen molar-refractivity contribution in [1.29, 1.82) is 0 Å². The molecule has 0 aliphatic carbocycles. The molecule has 3 rings (SSSR count). The van der Waals surface area contributed by atoms with Crippen molar-refractivity contribution in [1.82, 2.24) is 10.2 Å². The molecule has 1 N–H and O–H groups in total. The van der Waals surface area contributed by atoms with Crippen LogP contribution in [0.2, 0.25) is 0 Å².